The number of rotatable bonds is 10. The third-order valence-corrected chi connectivity index (χ3v) is 5.51. The Bertz CT molecular complexity index is 910. The zero-order valence-corrected chi connectivity index (χ0v) is 19.1. The summed E-state index contributed by atoms with van der Waals surface area (Å²) in [6.45, 7) is 7.01. The van der Waals surface area contributed by atoms with Crippen LogP contribution in [0.2, 0.25) is 0 Å². The number of amides is 2. The van der Waals surface area contributed by atoms with Crippen LogP contribution in [0.5, 0.6) is 0 Å². The van der Waals surface area contributed by atoms with Gasteiger partial charge in [-0.2, -0.15) is 0 Å². The largest absolute Gasteiger partial charge is 0.462 e. The molecule has 0 fully saturated rings. The minimum Gasteiger partial charge on any atom is -0.462 e. The summed E-state index contributed by atoms with van der Waals surface area (Å²) in [6.07, 6.45) is 0. The number of halogens is 1. The van der Waals surface area contributed by atoms with E-state index in [-0.39, 0.29) is 42.9 Å². The summed E-state index contributed by atoms with van der Waals surface area (Å²) in [7, 11) is 1.69. The average molecular weight is 450 g/mol. The van der Waals surface area contributed by atoms with E-state index in [2.05, 4.69) is 5.32 Å². The van der Waals surface area contributed by atoms with Crippen molar-refractivity contribution in [1.82, 2.24) is 9.80 Å². The SMILES string of the molecule is CCOC(=O)c1c(-c2ccc(F)cc2)csc1NC(=O)CN(C)CC(=O)N(CC)CC. The lowest BCUT2D eigenvalue weighted by Gasteiger charge is -2.22. The monoisotopic (exact) mass is 449 g/mol. The zero-order valence-electron chi connectivity index (χ0n) is 18.2. The molecule has 0 unspecified atom stereocenters. The lowest BCUT2D eigenvalue weighted by molar-refractivity contribution is -0.132. The first-order valence-corrected chi connectivity index (χ1v) is 11.0. The maximum atomic E-state index is 13.3. The van der Waals surface area contributed by atoms with Gasteiger partial charge in [-0.15, -0.1) is 11.3 Å². The molecular weight excluding hydrogens is 421 g/mol. The quantitative estimate of drug-likeness (QED) is 0.562. The van der Waals surface area contributed by atoms with Crippen molar-refractivity contribution >= 4 is 34.1 Å². The van der Waals surface area contributed by atoms with Crippen LogP contribution >= 0.6 is 11.3 Å². The molecule has 9 heteroatoms. The van der Waals surface area contributed by atoms with Gasteiger partial charge in [-0.3, -0.25) is 14.5 Å². The smallest absolute Gasteiger partial charge is 0.341 e. The van der Waals surface area contributed by atoms with Gasteiger partial charge in [0.05, 0.1) is 19.7 Å². The van der Waals surface area contributed by atoms with Gasteiger partial charge >= 0.3 is 5.97 Å². The van der Waals surface area contributed by atoms with E-state index in [4.69, 9.17) is 4.74 Å². The molecule has 2 rings (SSSR count). The minimum absolute atomic E-state index is 0.0148. The Balaban J connectivity index is 2.16. The number of carbonyl (C=O) groups excluding carboxylic acids is 3. The van der Waals surface area contributed by atoms with Crippen LogP contribution in [-0.2, 0) is 14.3 Å². The van der Waals surface area contributed by atoms with E-state index < -0.39 is 5.97 Å². The molecule has 7 nitrogen and oxygen atoms in total. The number of carbonyl (C=O) groups is 3. The van der Waals surface area contributed by atoms with Crippen LogP contribution in [0.3, 0.4) is 0 Å². The van der Waals surface area contributed by atoms with E-state index in [1.54, 1.807) is 41.3 Å². The van der Waals surface area contributed by atoms with Gasteiger partial charge in [0.2, 0.25) is 11.8 Å². The van der Waals surface area contributed by atoms with Crippen LogP contribution in [0.25, 0.3) is 11.1 Å². The molecule has 0 saturated heterocycles. The maximum absolute atomic E-state index is 13.3. The second-order valence-electron chi connectivity index (χ2n) is 6.87. The number of nitrogens with one attached hydrogen (secondary N) is 1. The molecule has 31 heavy (non-hydrogen) atoms. The molecule has 0 atom stereocenters. The highest BCUT2D eigenvalue weighted by Gasteiger charge is 2.23. The minimum atomic E-state index is -0.566. The van der Waals surface area contributed by atoms with Crippen LogP contribution < -0.4 is 5.32 Å². The van der Waals surface area contributed by atoms with Crippen molar-refractivity contribution < 1.29 is 23.5 Å². The number of anilines is 1. The van der Waals surface area contributed by atoms with Gasteiger partial charge in [-0.1, -0.05) is 12.1 Å². The molecule has 0 spiro atoms. The van der Waals surface area contributed by atoms with Crippen molar-refractivity contribution in [2.75, 3.05) is 45.2 Å². The molecule has 0 radical (unpaired) electrons. The van der Waals surface area contributed by atoms with Crippen molar-refractivity contribution in [2.24, 2.45) is 0 Å². The fourth-order valence-corrected chi connectivity index (χ4v) is 4.05. The Morgan fingerprint density at radius 3 is 2.29 bits per heavy atom. The predicted molar refractivity (Wildman–Crippen MR) is 120 cm³/mol. The maximum Gasteiger partial charge on any atom is 0.341 e. The third-order valence-electron chi connectivity index (χ3n) is 4.61. The molecule has 0 aliphatic rings. The van der Waals surface area contributed by atoms with Gasteiger partial charge < -0.3 is 15.0 Å². The van der Waals surface area contributed by atoms with Crippen LogP contribution in [0.4, 0.5) is 9.39 Å². The number of thiophene rings is 1. The molecule has 0 aliphatic heterocycles. The van der Waals surface area contributed by atoms with Gasteiger partial charge in [-0.05, 0) is 45.5 Å². The number of benzene rings is 1. The first-order valence-electron chi connectivity index (χ1n) is 10.1. The molecule has 1 N–H and O–H groups in total. The van der Waals surface area contributed by atoms with Crippen molar-refractivity contribution in [1.29, 1.82) is 0 Å². The van der Waals surface area contributed by atoms with Gasteiger partial charge in [0.1, 0.15) is 16.4 Å². The summed E-state index contributed by atoms with van der Waals surface area (Å²) >= 11 is 1.19. The lowest BCUT2D eigenvalue weighted by atomic mass is 10.0. The summed E-state index contributed by atoms with van der Waals surface area (Å²) in [5.74, 6) is -1.36. The van der Waals surface area contributed by atoms with E-state index in [1.807, 2.05) is 13.8 Å². The summed E-state index contributed by atoms with van der Waals surface area (Å²) in [5.41, 5.74) is 1.43. The number of likely N-dealkylation sites (N-methyl/N-ethyl adjacent to an activating group) is 2. The summed E-state index contributed by atoms with van der Waals surface area (Å²) < 4.78 is 18.4. The predicted octanol–water partition coefficient (Wildman–Crippen LogP) is 3.47. The molecule has 0 aliphatic carbocycles. The number of nitrogens with zero attached hydrogens (tertiary/aromatic N) is 2. The number of esters is 1. The van der Waals surface area contributed by atoms with Gasteiger partial charge in [0.25, 0.3) is 0 Å². The summed E-state index contributed by atoms with van der Waals surface area (Å²) in [4.78, 5) is 40.7. The number of hydrogen-bond acceptors (Lipinski definition) is 6. The highest BCUT2D eigenvalue weighted by Crippen LogP contribution is 2.36. The first kappa shape index (κ1) is 24.5. The Kier molecular flexibility index (Phi) is 9.14. The molecular formula is C22H28FN3O4S. The second kappa shape index (κ2) is 11.6. The van der Waals surface area contributed by atoms with Gasteiger partial charge in [-0.25, -0.2) is 9.18 Å². The third kappa shape index (κ3) is 6.60. The van der Waals surface area contributed by atoms with E-state index in [1.165, 1.54) is 23.5 Å². The van der Waals surface area contributed by atoms with Crippen LogP contribution in [0, 0.1) is 5.82 Å². The number of ether oxygens (including phenoxy) is 1. The molecule has 1 aromatic heterocycles. The molecule has 1 heterocycles. The molecule has 168 valence electrons. The van der Waals surface area contributed by atoms with Crippen molar-refractivity contribution in [3.63, 3.8) is 0 Å². The van der Waals surface area contributed by atoms with E-state index >= 15 is 0 Å². The van der Waals surface area contributed by atoms with Crippen molar-refractivity contribution in [3.05, 3.63) is 41.0 Å². The second-order valence-corrected chi connectivity index (χ2v) is 7.75. The lowest BCUT2D eigenvalue weighted by Crippen LogP contribution is -2.41. The zero-order chi connectivity index (χ0) is 23.0. The fraction of sp³-hybridized carbons (Fsp3) is 0.409. The fourth-order valence-electron chi connectivity index (χ4n) is 3.07. The molecule has 0 bridgehead atoms. The topological polar surface area (TPSA) is 79.0 Å². The summed E-state index contributed by atoms with van der Waals surface area (Å²) in [6, 6.07) is 5.75. The highest BCUT2D eigenvalue weighted by molar-refractivity contribution is 7.15. The molecule has 0 saturated carbocycles. The Hall–Kier alpha value is -2.78. The van der Waals surface area contributed by atoms with Crippen LogP contribution in [-0.4, -0.2) is 67.4 Å². The Morgan fingerprint density at radius 2 is 1.71 bits per heavy atom. The normalized spacial score (nSPS) is 10.8. The highest BCUT2D eigenvalue weighted by atomic mass is 32.1. The Labute approximate surface area is 185 Å². The Morgan fingerprint density at radius 1 is 1.06 bits per heavy atom. The van der Waals surface area contributed by atoms with Crippen molar-refractivity contribution in [3.8, 4) is 11.1 Å². The van der Waals surface area contributed by atoms with Gasteiger partial charge in [0.15, 0.2) is 0 Å². The van der Waals surface area contributed by atoms with E-state index in [0.29, 0.717) is 29.2 Å². The van der Waals surface area contributed by atoms with Crippen LogP contribution in [0.15, 0.2) is 29.6 Å². The number of hydrogen-bond donors (Lipinski definition) is 1. The molecule has 2 amide bonds. The average Bonchev–Trinajstić information content (AvgIpc) is 3.12. The van der Waals surface area contributed by atoms with Gasteiger partial charge in [0, 0.05) is 24.0 Å². The standard InChI is InChI=1S/C22H28FN3O4S/c1-5-26(6-2)19(28)13-25(4)12-18(27)24-21-20(22(29)30-7-3)17(14-31-21)15-8-10-16(23)11-9-15/h8-11,14H,5-7,12-13H2,1-4H3,(H,24,27). The molecule has 2 aromatic rings. The van der Waals surface area contributed by atoms with E-state index in [0.717, 1.165) is 0 Å². The van der Waals surface area contributed by atoms with Crippen LogP contribution in [0.1, 0.15) is 31.1 Å². The van der Waals surface area contributed by atoms with Crippen molar-refractivity contribution in [2.45, 2.75) is 20.8 Å². The summed E-state index contributed by atoms with van der Waals surface area (Å²) in [5, 5.41) is 4.83. The first-order chi connectivity index (χ1) is 14.8. The van der Waals surface area contributed by atoms with E-state index in [9.17, 15) is 18.8 Å². The molecule has 1 aromatic carbocycles.